The fourth-order valence-electron chi connectivity index (χ4n) is 1.72. The lowest BCUT2D eigenvalue weighted by Gasteiger charge is -2.07. The summed E-state index contributed by atoms with van der Waals surface area (Å²) in [5.41, 5.74) is 0.568. The molecule has 0 atom stereocenters. The van der Waals surface area contributed by atoms with Crippen LogP contribution in [0.5, 0.6) is 0 Å². The van der Waals surface area contributed by atoms with Crippen LogP contribution in [-0.2, 0) is 4.74 Å². The first-order valence-corrected chi connectivity index (χ1v) is 6.38. The molecule has 0 bridgehead atoms. The summed E-state index contributed by atoms with van der Waals surface area (Å²) in [5, 5.41) is 2.61. The van der Waals surface area contributed by atoms with Crippen molar-refractivity contribution in [2.75, 3.05) is 11.9 Å². The molecule has 1 amide bonds. The summed E-state index contributed by atoms with van der Waals surface area (Å²) in [6, 6.07) is 10.7. The maximum atomic E-state index is 12.0. The average molecular weight is 286 g/mol. The number of hydrogen-bond donors (Lipinski definition) is 2. The third-order valence-electron chi connectivity index (χ3n) is 2.64. The van der Waals surface area contributed by atoms with Gasteiger partial charge in [0.2, 0.25) is 5.56 Å². The van der Waals surface area contributed by atoms with E-state index < -0.39 is 11.9 Å². The van der Waals surface area contributed by atoms with E-state index in [0.717, 1.165) is 0 Å². The van der Waals surface area contributed by atoms with Gasteiger partial charge in [0, 0.05) is 11.8 Å². The lowest BCUT2D eigenvalue weighted by atomic mass is 10.2. The molecule has 0 aliphatic heterocycles. The number of benzene rings is 1. The highest BCUT2D eigenvalue weighted by Gasteiger charge is 2.10. The number of rotatable bonds is 4. The third kappa shape index (κ3) is 3.79. The topological polar surface area (TPSA) is 88.3 Å². The molecule has 2 rings (SSSR count). The van der Waals surface area contributed by atoms with Crippen LogP contribution >= 0.6 is 0 Å². The van der Waals surface area contributed by atoms with Crippen LogP contribution in [0.4, 0.5) is 5.69 Å². The van der Waals surface area contributed by atoms with Gasteiger partial charge in [-0.05, 0) is 31.2 Å². The average Bonchev–Trinajstić information content (AvgIpc) is 2.48. The number of hydrogen-bond acceptors (Lipinski definition) is 4. The Kier molecular flexibility index (Phi) is 4.50. The fraction of sp³-hybridized carbons (Fsp3) is 0.133. The van der Waals surface area contributed by atoms with Gasteiger partial charge in [0.05, 0.1) is 12.2 Å². The van der Waals surface area contributed by atoms with E-state index in [1.54, 1.807) is 25.1 Å². The summed E-state index contributed by atoms with van der Waals surface area (Å²) in [6.07, 6.45) is 0. The van der Waals surface area contributed by atoms with Gasteiger partial charge in [0.15, 0.2) is 0 Å². The largest absolute Gasteiger partial charge is 0.462 e. The molecule has 0 unspecified atom stereocenters. The first-order chi connectivity index (χ1) is 10.1. The quantitative estimate of drug-likeness (QED) is 0.839. The zero-order valence-electron chi connectivity index (χ0n) is 11.4. The maximum Gasteiger partial charge on any atom is 0.338 e. The summed E-state index contributed by atoms with van der Waals surface area (Å²) in [6.45, 7) is 2.00. The van der Waals surface area contributed by atoms with Gasteiger partial charge in [0.1, 0.15) is 5.69 Å². The van der Waals surface area contributed by atoms with Gasteiger partial charge in [-0.3, -0.25) is 9.59 Å². The minimum Gasteiger partial charge on any atom is -0.462 e. The van der Waals surface area contributed by atoms with Crippen molar-refractivity contribution in [1.82, 2.24) is 4.98 Å². The van der Waals surface area contributed by atoms with Crippen molar-refractivity contribution in [2.45, 2.75) is 6.92 Å². The molecule has 1 heterocycles. The summed E-state index contributed by atoms with van der Waals surface area (Å²) in [5.74, 6) is -0.921. The van der Waals surface area contributed by atoms with Crippen molar-refractivity contribution in [3.63, 3.8) is 0 Å². The third-order valence-corrected chi connectivity index (χ3v) is 2.64. The molecule has 0 aliphatic carbocycles. The predicted molar refractivity (Wildman–Crippen MR) is 77.4 cm³/mol. The Balaban J connectivity index is 2.16. The highest BCUT2D eigenvalue weighted by atomic mass is 16.5. The lowest BCUT2D eigenvalue weighted by molar-refractivity contribution is 0.0526. The van der Waals surface area contributed by atoms with Crippen LogP contribution < -0.4 is 10.9 Å². The molecule has 6 nitrogen and oxygen atoms in total. The highest BCUT2D eigenvalue weighted by Crippen LogP contribution is 2.12. The normalized spacial score (nSPS) is 9.95. The maximum absolute atomic E-state index is 12.0. The van der Waals surface area contributed by atoms with E-state index >= 15 is 0 Å². The molecular formula is C15H14N2O4. The second-order valence-corrected chi connectivity index (χ2v) is 4.18. The molecule has 0 saturated heterocycles. The van der Waals surface area contributed by atoms with Crippen molar-refractivity contribution in [2.24, 2.45) is 0 Å². The van der Waals surface area contributed by atoms with Gasteiger partial charge in [-0.15, -0.1) is 0 Å². The number of pyridine rings is 1. The first-order valence-electron chi connectivity index (χ1n) is 6.38. The number of aromatic amines is 1. The van der Waals surface area contributed by atoms with E-state index in [1.807, 2.05) is 0 Å². The molecular weight excluding hydrogens is 272 g/mol. The van der Waals surface area contributed by atoms with Gasteiger partial charge >= 0.3 is 5.97 Å². The van der Waals surface area contributed by atoms with Crippen LogP contribution in [0.15, 0.2) is 47.3 Å². The summed E-state index contributed by atoms with van der Waals surface area (Å²) in [4.78, 5) is 37.2. The van der Waals surface area contributed by atoms with Crippen LogP contribution in [0, 0.1) is 0 Å². The van der Waals surface area contributed by atoms with E-state index in [4.69, 9.17) is 4.74 Å². The Hall–Kier alpha value is -2.89. The fourth-order valence-corrected chi connectivity index (χ4v) is 1.72. The van der Waals surface area contributed by atoms with E-state index in [2.05, 4.69) is 10.3 Å². The molecule has 6 heteroatoms. The van der Waals surface area contributed by atoms with Crippen molar-refractivity contribution < 1.29 is 14.3 Å². The Morgan fingerprint density at radius 1 is 1.19 bits per heavy atom. The van der Waals surface area contributed by atoms with E-state index in [1.165, 1.54) is 24.3 Å². The lowest BCUT2D eigenvalue weighted by Crippen LogP contribution is -2.18. The zero-order valence-corrected chi connectivity index (χ0v) is 11.4. The molecule has 1 aromatic heterocycles. The molecule has 0 saturated carbocycles. The van der Waals surface area contributed by atoms with Crippen LogP contribution in [0.2, 0.25) is 0 Å². The molecule has 0 radical (unpaired) electrons. The number of aromatic nitrogens is 1. The molecule has 2 aromatic rings. The molecule has 0 spiro atoms. The van der Waals surface area contributed by atoms with Crippen molar-refractivity contribution >= 4 is 17.6 Å². The van der Waals surface area contributed by atoms with Crippen LogP contribution in [0.3, 0.4) is 0 Å². The molecule has 0 fully saturated rings. The van der Waals surface area contributed by atoms with E-state index in [-0.39, 0.29) is 17.9 Å². The SMILES string of the molecule is CCOC(=O)c1cccc(NC(=O)c2cccc(=O)[nH]2)c1. The van der Waals surface area contributed by atoms with Crippen molar-refractivity contribution in [1.29, 1.82) is 0 Å². The van der Waals surface area contributed by atoms with Gasteiger partial charge in [-0.25, -0.2) is 4.79 Å². The smallest absolute Gasteiger partial charge is 0.338 e. The van der Waals surface area contributed by atoms with E-state index in [0.29, 0.717) is 11.3 Å². The summed E-state index contributed by atoms with van der Waals surface area (Å²) in [7, 11) is 0. The minimum atomic E-state index is -0.464. The van der Waals surface area contributed by atoms with Crippen LogP contribution in [0.1, 0.15) is 27.8 Å². The second-order valence-electron chi connectivity index (χ2n) is 4.18. The van der Waals surface area contributed by atoms with Crippen molar-refractivity contribution in [3.8, 4) is 0 Å². The van der Waals surface area contributed by atoms with Gasteiger partial charge in [-0.1, -0.05) is 12.1 Å². The molecule has 2 N–H and O–H groups in total. The number of anilines is 1. The van der Waals surface area contributed by atoms with Gasteiger partial charge in [0.25, 0.3) is 5.91 Å². The van der Waals surface area contributed by atoms with Gasteiger partial charge in [-0.2, -0.15) is 0 Å². The standard InChI is InChI=1S/C15H14N2O4/c1-2-21-15(20)10-5-3-6-11(9-10)16-14(19)12-7-4-8-13(18)17-12/h3-9H,2H2,1H3,(H,16,19)(H,17,18). The van der Waals surface area contributed by atoms with E-state index in [9.17, 15) is 14.4 Å². The number of carbonyl (C=O) groups excluding carboxylic acids is 2. The Labute approximate surface area is 120 Å². The Morgan fingerprint density at radius 3 is 2.67 bits per heavy atom. The number of nitrogens with one attached hydrogen (secondary N) is 2. The molecule has 0 aliphatic rings. The number of ether oxygens (including phenoxy) is 1. The van der Waals surface area contributed by atoms with Gasteiger partial charge < -0.3 is 15.0 Å². The molecule has 21 heavy (non-hydrogen) atoms. The van der Waals surface area contributed by atoms with Crippen LogP contribution in [0.25, 0.3) is 0 Å². The molecule has 108 valence electrons. The summed E-state index contributed by atoms with van der Waals surface area (Å²) < 4.78 is 4.89. The Bertz CT molecular complexity index is 721. The number of H-pyrrole nitrogens is 1. The minimum absolute atomic E-state index is 0.143. The van der Waals surface area contributed by atoms with Crippen LogP contribution in [-0.4, -0.2) is 23.5 Å². The number of carbonyl (C=O) groups is 2. The first kappa shape index (κ1) is 14.5. The second kappa shape index (κ2) is 6.51. The Morgan fingerprint density at radius 2 is 1.95 bits per heavy atom. The number of esters is 1. The molecule has 1 aromatic carbocycles. The van der Waals surface area contributed by atoms with Crippen molar-refractivity contribution in [3.05, 3.63) is 64.1 Å². The predicted octanol–water partition coefficient (Wildman–Crippen LogP) is 1.80. The monoisotopic (exact) mass is 286 g/mol. The summed E-state index contributed by atoms with van der Waals surface area (Å²) >= 11 is 0. The highest BCUT2D eigenvalue weighted by molar-refractivity contribution is 6.03. The zero-order chi connectivity index (χ0) is 15.2. The number of amides is 1.